The molecule has 0 aliphatic heterocycles. The molecule has 0 saturated heterocycles. The lowest BCUT2D eigenvalue weighted by Gasteiger charge is -2.12. The van der Waals surface area contributed by atoms with Crippen LogP contribution in [0.15, 0.2) is 113 Å². The van der Waals surface area contributed by atoms with Crippen molar-refractivity contribution in [2.75, 3.05) is 23.9 Å². The summed E-state index contributed by atoms with van der Waals surface area (Å²) in [5.74, 6) is 2.17. The molecule has 11 nitrogen and oxygen atoms in total. The molecule has 0 aliphatic rings. The molecule has 0 spiro atoms. The minimum Gasteiger partial charge on any atom is -0.487 e. The van der Waals surface area contributed by atoms with Crippen LogP contribution in [0.25, 0.3) is 22.2 Å². The van der Waals surface area contributed by atoms with Crippen molar-refractivity contribution in [1.82, 2.24) is 15.3 Å². The van der Waals surface area contributed by atoms with E-state index in [4.69, 9.17) is 26.0 Å². The first-order chi connectivity index (χ1) is 24.6. The number of nitrogens with zero attached hydrogens (tertiary/aromatic N) is 2. The minimum absolute atomic E-state index is 0. The highest BCUT2D eigenvalue weighted by Gasteiger charge is 2.12. The number of hydrogen-bond acceptors (Lipinski definition) is 12. The first-order valence-electron chi connectivity index (χ1n) is 15.4. The molecule has 0 atom stereocenters. The minimum atomic E-state index is -3.02. The predicted molar refractivity (Wildman–Crippen MR) is 203 cm³/mol. The van der Waals surface area contributed by atoms with Crippen molar-refractivity contribution in [3.05, 3.63) is 131 Å². The van der Waals surface area contributed by atoms with E-state index in [2.05, 4.69) is 30.0 Å². The van der Waals surface area contributed by atoms with E-state index < -0.39 is 9.84 Å². The highest BCUT2D eigenvalue weighted by Crippen LogP contribution is 2.33. The molecule has 52 heavy (non-hydrogen) atoms. The Morgan fingerprint density at radius 1 is 0.981 bits per heavy atom. The van der Waals surface area contributed by atoms with Crippen LogP contribution in [0, 0.1) is 12.7 Å². The van der Waals surface area contributed by atoms with Crippen molar-refractivity contribution in [3.8, 4) is 17.1 Å². The first kappa shape index (κ1) is 40.2. The maximum atomic E-state index is 13.4. The molecule has 0 aliphatic carbocycles. The van der Waals surface area contributed by atoms with Crippen LogP contribution >= 0.6 is 23.6 Å². The molecule has 0 bridgehead atoms. The molecule has 2 heterocycles. The van der Waals surface area contributed by atoms with Gasteiger partial charge in [-0.15, -0.1) is 4.33 Å². The summed E-state index contributed by atoms with van der Waals surface area (Å²) >= 11 is 7.42. The third-order valence-electron chi connectivity index (χ3n) is 7.19. The second kappa shape index (κ2) is 19.3. The zero-order valence-corrected chi connectivity index (χ0v) is 29.9. The largest absolute Gasteiger partial charge is 0.487 e. The van der Waals surface area contributed by atoms with E-state index in [9.17, 15) is 12.8 Å². The Morgan fingerprint density at radius 2 is 1.79 bits per heavy atom. The Balaban J connectivity index is 0.000000433. The standard InChI is InChI=1S/C29H26ClFN4O4S.C7H8O3S.CH4/c1-40(36,37)12-11-32-16-23-7-10-27(39-23)20-5-8-26-24(14-20)29(34-18-33-26)35-22-6-9-28(25(30)15-22)38-17-19-3-2-4-21(31)13-19;1-6-2-4-7(5-3-6)11-10-9-8;/h2-10,13-15,18,32H,11-12,16-17H2,1H3,(H,33,34,35);2-5,8H,1H3;1H4. The molecule has 15 heteroatoms. The van der Waals surface area contributed by atoms with Crippen LogP contribution in [0.5, 0.6) is 5.75 Å². The SMILES string of the molecule is C.CS(=O)(=O)CCNCc1ccc(-c2ccc3ncnc(Nc4ccc(OCc5cccc(F)c5)c(Cl)c4)c3c2)o1.Cc1ccc(SOOO)cc1. The second-order valence-corrected chi connectivity index (χ2v) is 14.7. The number of ether oxygens (including phenoxy) is 1. The average Bonchev–Trinajstić information content (AvgIpc) is 3.59. The Bertz CT molecular complexity index is 2170. The zero-order valence-electron chi connectivity index (χ0n) is 27.5. The normalized spacial score (nSPS) is 11.0. The molecular formula is C37H38ClFN4O7S2. The first-order valence-corrected chi connectivity index (χ1v) is 18.6. The Hall–Kier alpha value is -4.54. The number of fused-ring (bicyclic) bond motifs is 1. The highest BCUT2D eigenvalue weighted by atomic mass is 35.5. The molecule has 6 aromatic rings. The molecule has 0 unspecified atom stereocenters. The maximum Gasteiger partial charge on any atom is 0.148 e. The summed E-state index contributed by atoms with van der Waals surface area (Å²) in [6, 6.07) is 28.6. The third-order valence-corrected chi connectivity index (χ3v) is 9.02. The van der Waals surface area contributed by atoms with Gasteiger partial charge in [-0.2, -0.15) is 0 Å². The summed E-state index contributed by atoms with van der Waals surface area (Å²) in [7, 11) is -3.02. The van der Waals surface area contributed by atoms with Crippen molar-refractivity contribution in [2.45, 2.75) is 32.4 Å². The van der Waals surface area contributed by atoms with Gasteiger partial charge in [-0.05, 0) is 85.3 Å². The summed E-state index contributed by atoms with van der Waals surface area (Å²) in [6.45, 7) is 2.95. The van der Waals surface area contributed by atoms with Gasteiger partial charge < -0.3 is 19.8 Å². The monoisotopic (exact) mass is 768 g/mol. The molecular weight excluding hydrogens is 731 g/mol. The number of rotatable bonds is 14. The van der Waals surface area contributed by atoms with Gasteiger partial charge in [0, 0.05) is 34.3 Å². The molecule has 2 aromatic heterocycles. The Labute approximate surface area is 311 Å². The third kappa shape index (κ3) is 12.3. The van der Waals surface area contributed by atoms with E-state index in [1.165, 1.54) is 30.3 Å². The summed E-state index contributed by atoms with van der Waals surface area (Å²) in [5.41, 5.74) is 4.17. The van der Waals surface area contributed by atoms with Crippen LogP contribution < -0.4 is 15.4 Å². The molecule has 6 rings (SSSR count). The summed E-state index contributed by atoms with van der Waals surface area (Å²) in [5, 5.41) is 18.8. The van der Waals surface area contributed by atoms with Gasteiger partial charge in [0.05, 0.1) is 34.9 Å². The number of halogens is 2. The fourth-order valence-electron chi connectivity index (χ4n) is 4.68. The molecule has 0 radical (unpaired) electrons. The summed E-state index contributed by atoms with van der Waals surface area (Å²) in [6.07, 6.45) is 2.69. The lowest BCUT2D eigenvalue weighted by atomic mass is 10.1. The zero-order chi connectivity index (χ0) is 36.2. The molecule has 0 fully saturated rings. The van der Waals surface area contributed by atoms with E-state index >= 15 is 0 Å². The quantitative estimate of drug-likeness (QED) is 0.0420. The fraction of sp³-hybridized carbons (Fsp3) is 0.189. The second-order valence-electron chi connectivity index (χ2n) is 11.3. The lowest BCUT2D eigenvalue weighted by molar-refractivity contribution is -0.432. The van der Waals surface area contributed by atoms with Crippen molar-refractivity contribution < 1.29 is 36.6 Å². The Morgan fingerprint density at radius 3 is 2.52 bits per heavy atom. The van der Waals surface area contributed by atoms with Crippen molar-refractivity contribution >= 4 is 55.9 Å². The topological polar surface area (TPSA) is 145 Å². The number of sulfone groups is 1. The van der Waals surface area contributed by atoms with Gasteiger partial charge >= 0.3 is 0 Å². The smallest absolute Gasteiger partial charge is 0.148 e. The predicted octanol–water partition coefficient (Wildman–Crippen LogP) is 9.20. The number of benzene rings is 4. The number of aromatic nitrogens is 2. The molecule has 0 amide bonds. The van der Waals surface area contributed by atoms with Crippen LogP contribution in [0.4, 0.5) is 15.9 Å². The van der Waals surface area contributed by atoms with Gasteiger partial charge in [0.25, 0.3) is 0 Å². The maximum absolute atomic E-state index is 13.4. The number of furan rings is 1. The lowest BCUT2D eigenvalue weighted by Crippen LogP contribution is -2.21. The number of nitrogens with one attached hydrogen (secondary N) is 2. The van der Waals surface area contributed by atoms with Gasteiger partial charge in [0.1, 0.15) is 51.7 Å². The van der Waals surface area contributed by atoms with E-state index in [1.807, 2.05) is 67.6 Å². The van der Waals surface area contributed by atoms with Gasteiger partial charge in [-0.3, -0.25) is 0 Å². The number of hydrogen-bond donors (Lipinski definition) is 3. The number of aryl methyl sites for hydroxylation is 1. The van der Waals surface area contributed by atoms with Crippen LogP contribution in [0.1, 0.15) is 24.3 Å². The van der Waals surface area contributed by atoms with E-state index in [0.29, 0.717) is 52.5 Å². The van der Waals surface area contributed by atoms with Crippen molar-refractivity contribution in [3.63, 3.8) is 0 Å². The van der Waals surface area contributed by atoms with Gasteiger partial charge in [0.2, 0.25) is 0 Å². The van der Waals surface area contributed by atoms with Gasteiger partial charge in [-0.25, -0.2) is 28.0 Å². The average molecular weight is 769 g/mol. The van der Waals surface area contributed by atoms with Gasteiger partial charge in [0.15, 0.2) is 0 Å². The Kier molecular flexibility index (Phi) is 15.0. The van der Waals surface area contributed by atoms with E-state index in [-0.39, 0.29) is 25.6 Å². The van der Waals surface area contributed by atoms with Crippen LogP contribution in [0.2, 0.25) is 5.02 Å². The summed E-state index contributed by atoms with van der Waals surface area (Å²) in [4.78, 5) is 9.68. The van der Waals surface area contributed by atoms with Crippen LogP contribution in [0.3, 0.4) is 0 Å². The highest BCUT2D eigenvalue weighted by molar-refractivity contribution is 7.94. The molecule has 274 valence electrons. The van der Waals surface area contributed by atoms with E-state index in [0.717, 1.165) is 33.4 Å². The van der Waals surface area contributed by atoms with E-state index in [1.54, 1.807) is 24.3 Å². The van der Waals surface area contributed by atoms with Crippen LogP contribution in [-0.4, -0.2) is 42.2 Å². The molecule has 0 saturated carbocycles. The summed E-state index contributed by atoms with van der Waals surface area (Å²) < 4.78 is 52.0. The molecule has 3 N–H and O–H groups in total. The van der Waals surface area contributed by atoms with Gasteiger partial charge in [-0.1, -0.05) is 53.9 Å². The fourth-order valence-corrected chi connectivity index (χ4v) is 5.78. The van der Waals surface area contributed by atoms with Crippen molar-refractivity contribution in [1.29, 1.82) is 0 Å². The molecule has 4 aromatic carbocycles. The number of anilines is 2. The van der Waals surface area contributed by atoms with Crippen LogP contribution in [-0.2, 0) is 32.4 Å². The van der Waals surface area contributed by atoms with Crippen molar-refractivity contribution in [2.24, 2.45) is 0 Å².